The molecule has 112 valence electrons. The summed E-state index contributed by atoms with van der Waals surface area (Å²) in [4.78, 5) is 0. The molecule has 1 atom stereocenters. The van der Waals surface area contributed by atoms with Crippen molar-refractivity contribution in [2.45, 2.75) is 20.0 Å². The van der Waals surface area contributed by atoms with Gasteiger partial charge in [0.1, 0.15) is 18.1 Å². The van der Waals surface area contributed by atoms with Crippen LogP contribution in [0, 0.1) is 5.92 Å². The van der Waals surface area contributed by atoms with E-state index in [-0.39, 0.29) is 0 Å². The molecular weight excluding hydrogens is 280 g/mol. The second kappa shape index (κ2) is 8.63. The Morgan fingerprint density at radius 1 is 0.905 bits per heavy atom. The number of hydrogen-bond acceptors (Lipinski definition) is 3. The van der Waals surface area contributed by atoms with E-state index >= 15 is 0 Å². The van der Waals surface area contributed by atoms with E-state index in [0.29, 0.717) is 19.1 Å². The van der Waals surface area contributed by atoms with Gasteiger partial charge in [-0.1, -0.05) is 37.3 Å². The molecule has 0 aliphatic carbocycles. The van der Waals surface area contributed by atoms with E-state index in [1.807, 2.05) is 42.5 Å². The van der Waals surface area contributed by atoms with Crippen LogP contribution in [-0.2, 0) is 6.61 Å². The summed E-state index contributed by atoms with van der Waals surface area (Å²) in [5.74, 6) is 3.09. The Hall–Kier alpha value is -1.61. The van der Waals surface area contributed by atoms with Gasteiger partial charge in [-0.15, -0.1) is 0 Å². The highest BCUT2D eigenvalue weighted by Gasteiger charge is 2.05. The molecule has 21 heavy (non-hydrogen) atoms. The van der Waals surface area contributed by atoms with Crippen molar-refractivity contribution >= 4 is 12.6 Å². The maximum Gasteiger partial charge on any atom is 0.120 e. The van der Waals surface area contributed by atoms with E-state index in [2.05, 4.69) is 31.7 Å². The number of hydrogen-bond donors (Lipinski definition) is 1. The fraction of sp³-hybridized carbons (Fsp3) is 0.333. The number of benzene rings is 2. The first-order chi connectivity index (χ1) is 10.3. The van der Waals surface area contributed by atoms with E-state index in [4.69, 9.17) is 9.47 Å². The lowest BCUT2D eigenvalue weighted by Gasteiger charge is -2.13. The molecule has 0 saturated carbocycles. The van der Waals surface area contributed by atoms with Crippen LogP contribution in [0.1, 0.15) is 18.9 Å². The van der Waals surface area contributed by atoms with Crippen molar-refractivity contribution in [2.24, 2.45) is 5.92 Å². The smallest absolute Gasteiger partial charge is 0.120 e. The lowest BCUT2D eigenvalue weighted by Crippen LogP contribution is -2.12. The lowest BCUT2D eigenvalue weighted by atomic mass is 10.1. The van der Waals surface area contributed by atoms with Crippen LogP contribution in [0.5, 0.6) is 11.5 Å². The fourth-order valence-corrected chi connectivity index (χ4v) is 2.25. The summed E-state index contributed by atoms with van der Waals surface area (Å²) in [6.45, 7) is 3.45. The Morgan fingerprint density at radius 3 is 2.10 bits per heavy atom. The summed E-state index contributed by atoms with van der Waals surface area (Å²) in [6, 6.07) is 17.9. The molecule has 0 aromatic heterocycles. The fourth-order valence-electron chi connectivity index (χ4n) is 1.89. The zero-order valence-electron chi connectivity index (χ0n) is 12.4. The Bertz CT molecular complexity index is 507. The third-order valence-corrected chi connectivity index (χ3v) is 3.91. The lowest BCUT2D eigenvalue weighted by molar-refractivity contribution is 0.258. The highest BCUT2D eigenvalue weighted by Crippen LogP contribution is 2.19. The van der Waals surface area contributed by atoms with Crippen molar-refractivity contribution in [2.75, 3.05) is 12.4 Å². The molecule has 2 rings (SSSR count). The van der Waals surface area contributed by atoms with Gasteiger partial charge in [0.2, 0.25) is 0 Å². The van der Waals surface area contributed by atoms with Gasteiger partial charge in [0.25, 0.3) is 0 Å². The van der Waals surface area contributed by atoms with Gasteiger partial charge in [-0.3, -0.25) is 0 Å². The van der Waals surface area contributed by atoms with Gasteiger partial charge in [0.05, 0.1) is 6.61 Å². The largest absolute Gasteiger partial charge is 0.493 e. The predicted molar refractivity (Wildman–Crippen MR) is 90.3 cm³/mol. The van der Waals surface area contributed by atoms with E-state index in [1.165, 1.54) is 0 Å². The third kappa shape index (κ3) is 5.35. The molecule has 0 saturated heterocycles. The minimum Gasteiger partial charge on any atom is -0.493 e. The van der Waals surface area contributed by atoms with Crippen molar-refractivity contribution in [3.05, 3.63) is 60.2 Å². The second-order valence-corrected chi connectivity index (χ2v) is 5.38. The SMILES string of the molecule is CCC(CS)COc1ccc(OCc2ccccc2)cc1. The Kier molecular flexibility index (Phi) is 6.48. The standard InChI is InChI=1S/C18H22O2S/c1-2-15(14-21)12-19-17-8-10-18(11-9-17)20-13-16-6-4-3-5-7-16/h3-11,15,21H,2,12-14H2,1H3. The van der Waals surface area contributed by atoms with Crippen molar-refractivity contribution in [3.63, 3.8) is 0 Å². The van der Waals surface area contributed by atoms with Crippen LogP contribution in [0.2, 0.25) is 0 Å². The molecule has 3 heteroatoms. The summed E-state index contributed by atoms with van der Waals surface area (Å²) in [5, 5.41) is 0. The summed E-state index contributed by atoms with van der Waals surface area (Å²) < 4.78 is 11.5. The minimum atomic E-state index is 0.502. The van der Waals surface area contributed by atoms with Crippen molar-refractivity contribution in [3.8, 4) is 11.5 Å². The molecule has 0 fully saturated rings. The highest BCUT2D eigenvalue weighted by atomic mass is 32.1. The van der Waals surface area contributed by atoms with Gasteiger partial charge < -0.3 is 9.47 Å². The zero-order chi connectivity index (χ0) is 14.9. The summed E-state index contributed by atoms with van der Waals surface area (Å²) >= 11 is 4.32. The first-order valence-corrected chi connectivity index (χ1v) is 7.95. The van der Waals surface area contributed by atoms with Crippen LogP contribution in [0.25, 0.3) is 0 Å². The highest BCUT2D eigenvalue weighted by molar-refractivity contribution is 7.80. The molecule has 0 N–H and O–H groups in total. The molecule has 0 spiro atoms. The predicted octanol–water partition coefficient (Wildman–Crippen LogP) is 4.60. The molecule has 0 bridgehead atoms. The first kappa shape index (κ1) is 15.8. The Balaban J connectivity index is 1.81. The van der Waals surface area contributed by atoms with Gasteiger partial charge in [-0.2, -0.15) is 12.6 Å². The average Bonchev–Trinajstić information content (AvgIpc) is 2.56. The molecule has 2 aromatic rings. The van der Waals surface area contributed by atoms with E-state index in [1.54, 1.807) is 0 Å². The normalized spacial score (nSPS) is 11.9. The van der Waals surface area contributed by atoms with E-state index < -0.39 is 0 Å². The van der Waals surface area contributed by atoms with Gasteiger partial charge in [-0.25, -0.2) is 0 Å². The second-order valence-electron chi connectivity index (χ2n) is 5.01. The molecule has 0 aliphatic heterocycles. The van der Waals surface area contributed by atoms with Crippen molar-refractivity contribution < 1.29 is 9.47 Å². The summed E-state index contributed by atoms with van der Waals surface area (Å²) in [5.41, 5.74) is 1.16. The maximum absolute atomic E-state index is 5.76. The average molecular weight is 302 g/mol. The third-order valence-electron chi connectivity index (χ3n) is 3.39. The van der Waals surface area contributed by atoms with E-state index in [9.17, 15) is 0 Å². The van der Waals surface area contributed by atoms with Crippen molar-refractivity contribution in [1.29, 1.82) is 0 Å². The van der Waals surface area contributed by atoms with Crippen LogP contribution >= 0.6 is 12.6 Å². The molecule has 0 heterocycles. The molecule has 1 unspecified atom stereocenters. The Morgan fingerprint density at radius 2 is 1.52 bits per heavy atom. The number of ether oxygens (including phenoxy) is 2. The summed E-state index contributed by atoms with van der Waals surface area (Å²) in [6.07, 6.45) is 1.09. The molecule has 2 nitrogen and oxygen atoms in total. The molecule has 2 aromatic carbocycles. The van der Waals surface area contributed by atoms with Crippen molar-refractivity contribution in [1.82, 2.24) is 0 Å². The zero-order valence-corrected chi connectivity index (χ0v) is 13.3. The first-order valence-electron chi connectivity index (χ1n) is 7.32. The topological polar surface area (TPSA) is 18.5 Å². The van der Waals surface area contributed by atoms with Gasteiger partial charge in [0.15, 0.2) is 0 Å². The number of rotatable bonds is 8. The van der Waals surface area contributed by atoms with Crippen LogP contribution in [0.15, 0.2) is 54.6 Å². The molecule has 0 aliphatic rings. The molecular formula is C18H22O2S. The molecule has 0 amide bonds. The number of thiol groups is 1. The monoisotopic (exact) mass is 302 g/mol. The van der Waals surface area contributed by atoms with Crippen LogP contribution in [-0.4, -0.2) is 12.4 Å². The Labute approximate surface area is 132 Å². The van der Waals surface area contributed by atoms with Gasteiger partial charge in [0, 0.05) is 5.92 Å². The van der Waals surface area contributed by atoms with Crippen LogP contribution < -0.4 is 9.47 Å². The maximum atomic E-state index is 5.76. The quantitative estimate of drug-likeness (QED) is 0.718. The van der Waals surface area contributed by atoms with E-state index in [0.717, 1.165) is 29.2 Å². The molecule has 0 radical (unpaired) electrons. The summed E-state index contributed by atoms with van der Waals surface area (Å²) in [7, 11) is 0. The van der Waals surface area contributed by atoms with Gasteiger partial charge in [-0.05, 0) is 42.0 Å². The minimum absolute atomic E-state index is 0.502. The van der Waals surface area contributed by atoms with Gasteiger partial charge >= 0.3 is 0 Å². The van der Waals surface area contributed by atoms with Crippen LogP contribution in [0.4, 0.5) is 0 Å². The van der Waals surface area contributed by atoms with Crippen LogP contribution in [0.3, 0.4) is 0 Å².